The van der Waals surface area contributed by atoms with E-state index < -0.39 is 11.9 Å². The number of methoxy groups -OCH3 is 1. The molecule has 3 unspecified atom stereocenters. The van der Waals surface area contributed by atoms with Gasteiger partial charge in [-0.2, -0.15) is 5.26 Å². The predicted octanol–water partition coefficient (Wildman–Crippen LogP) is 2.91. The lowest BCUT2D eigenvalue weighted by Gasteiger charge is -2.26. The van der Waals surface area contributed by atoms with E-state index >= 15 is 0 Å². The van der Waals surface area contributed by atoms with Crippen LogP contribution < -0.4 is 10.1 Å². The van der Waals surface area contributed by atoms with Crippen molar-refractivity contribution in [3.8, 4) is 11.9 Å². The lowest BCUT2D eigenvalue weighted by molar-refractivity contribution is -0.146. The second-order valence-electron chi connectivity index (χ2n) is 7.44. The monoisotopic (exact) mass is 434 g/mol. The Kier molecular flexibility index (Phi) is 9.24. The number of carbonyl (C=O) groups is 2. The highest BCUT2D eigenvalue weighted by Crippen LogP contribution is 2.37. The van der Waals surface area contributed by atoms with E-state index in [-0.39, 0.29) is 29.6 Å². The summed E-state index contributed by atoms with van der Waals surface area (Å²) in [7, 11) is 1.57. The number of hydrogen-bond donors (Lipinski definition) is 1. The van der Waals surface area contributed by atoms with E-state index in [0.717, 1.165) is 5.69 Å². The van der Waals surface area contributed by atoms with Gasteiger partial charge in [-0.05, 0) is 25.3 Å². The second-order valence-corrected chi connectivity index (χ2v) is 8.82. The van der Waals surface area contributed by atoms with Gasteiger partial charge >= 0.3 is 5.97 Å². The summed E-state index contributed by atoms with van der Waals surface area (Å²) in [4.78, 5) is 31.0. The fourth-order valence-electron chi connectivity index (χ4n) is 3.22. The SMILES string of the molecule is CCOC(=O)C(C#N)CC1SC(CCNc2ccc(OC)nc2)C(=O)N1CC(C)C. The zero-order valence-corrected chi connectivity index (χ0v) is 18.8. The zero-order valence-electron chi connectivity index (χ0n) is 18.0. The van der Waals surface area contributed by atoms with Crippen molar-refractivity contribution < 1.29 is 19.1 Å². The Morgan fingerprint density at radius 2 is 2.20 bits per heavy atom. The molecule has 0 saturated carbocycles. The van der Waals surface area contributed by atoms with Crippen molar-refractivity contribution in [2.75, 3.05) is 32.1 Å². The van der Waals surface area contributed by atoms with Crippen molar-refractivity contribution in [1.82, 2.24) is 9.88 Å². The lowest BCUT2D eigenvalue weighted by atomic mass is 10.1. The highest BCUT2D eigenvalue weighted by atomic mass is 32.2. The average molecular weight is 435 g/mol. The van der Waals surface area contributed by atoms with Gasteiger partial charge in [0.05, 0.1) is 42.3 Å². The van der Waals surface area contributed by atoms with Crippen LogP contribution >= 0.6 is 11.8 Å². The van der Waals surface area contributed by atoms with E-state index in [4.69, 9.17) is 9.47 Å². The fraction of sp³-hybridized carbons (Fsp3) is 0.619. The molecule has 0 spiro atoms. The molecule has 1 saturated heterocycles. The Labute approximate surface area is 182 Å². The van der Waals surface area contributed by atoms with E-state index in [2.05, 4.69) is 10.3 Å². The molecule has 1 aliphatic heterocycles. The maximum atomic E-state index is 13.0. The van der Waals surface area contributed by atoms with Gasteiger partial charge in [-0.1, -0.05) is 13.8 Å². The Bertz CT molecular complexity index is 750. The smallest absolute Gasteiger partial charge is 0.323 e. The molecule has 1 aliphatic rings. The minimum Gasteiger partial charge on any atom is -0.481 e. The van der Waals surface area contributed by atoms with Crippen LogP contribution in [-0.4, -0.2) is 59.2 Å². The van der Waals surface area contributed by atoms with E-state index in [1.807, 2.05) is 30.9 Å². The molecule has 164 valence electrons. The first-order chi connectivity index (χ1) is 14.4. The summed E-state index contributed by atoms with van der Waals surface area (Å²) in [6.07, 6.45) is 2.61. The first-order valence-electron chi connectivity index (χ1n) is 10.2. The lowest BCUT2D eigenvalue weighted by Crippen LogP contribution is -2.39. The summed E-state index contributed by atoms with van der Waals surface area (Å²) in [6, 6.07) is 5.68. The fourth-order valence-corrected chi connectivity index (χ4v) is 4.75. The predicted molar refractivity (Wildman–Crippen MR) is 116 cm³/mol. The summed E-state index contributed by atoms with van der Waals surface area (Å²) in [5.41, 5.74) is 0.855. The molecule has 1 aromatic heterocycles. The van der Waals surface area contributed by atoms with Gasteiger partial charge in [0.1, 0.15) is 5.92 Å². The van der Waals surface area contributed by atoms with Crippen LogP contribution in [-0.2, 0) is 14.3 Å². The number of amides is 1. The summed E-state index contributed by atoms with van der Waals surface area (Å²) in [5.74, 6) is -0.485. The van der Waals surface area contributed by atoms with Crippen molar-refractivity contribution in [2.45, 2.75) is 44.2 Å². The van der Waals surface area contributed by atoms with E-state index in [1.54, 1.807) is 26.3 Å². The van der Waals surface area contributed by atoms with E-state index in [1.165, 1.54) is 11.8 Å². The largest absolute Gasteiger partial charge is 0.481 e. The van der Waals surface area contributed by atoms with Crippen LogP contribution in [0.2, 0.25) is 0 Å². The molecule has 1 N–H and O–H groups in total. The van der Waals surface area contributed by atoms with Crippen molar-refractivity contribution in [2.24, 2.45) is 11.8 Å². The molecule has 2 heterocycles. The molecule has 2 rings (SSSR count). The van der Waals surface area contributed by atoms with Crippen LogP contribution in [0.25, 0.3) is 0 Å². The Balaban J connectivity index is 1.98. The third kappa shape index (κ3) is 6.52. The van der Waals surface area contributed by atoms with Crippen LogP contribution in [0.4, 0.5) is 5.69 Å². The Morgan fingerprint density at radius 3 is 2.77 bits per heavy atom. The third-order valence-electron chi connectivity index (χ3n) is 4.63. The molecule has 1 amide bonds. The van der Waals surface area contributed by atoms with Gasteiger partial charge < -0.3 is 19.7 Å². The molecule has 30 heavy (non-hydrogen) atoms. The van der Waals surface area contributed by atoms with Crippen molar-refractivity contribution in [1.29, 1.82) is 5.26 Å². The number of ether oxygens (including phenoxy) is 2. The average Bonchev–Trinajstić information content (AvgIpc) is 3.01. The minimum atomic E-state index is -0.868. The maximum absolute atomic E-state index is 13.0. The Morgan fingerprint density at radius 1 is 1.43 bits per heavy atom. The first kappa shape index (κ1) is 23.8. The molecule has 1 fully saturated rings. The third-order valence-corrected chi connectivity index (χ3v) is 6.16. The van der Waals surface area contributed by atoms with Crippen LogP contribution in [0.15, 0.2) is 18.3 Å². The second kappa shape index (κ2) is 11.6. The summed E-state index contributed by atoms with van der Waals surface area (Å²) in [5, 5.41) is 12.3. The highest BCUT2D eigenvalue weighted by molar-refractivity contribution is 8.01. The molecule has 0 aliphatic carbocycles. The molecule has 0 radical (unpaired) electrons. The summed E-state index contributed by atoms with van der Waals surface area (Å²) < 4.78 is 10.1. The summed E-state index contributed by atoms with van der Waals surface area (Å²) in [6.45, 7) is 7.26. The van der Waals surface area contributed by atoms with Crippen molar-refractivity contribution in [3.05, 3.63) is 18.3 Å². The van der Waals surface area contributed by atoms with E-state index in [0.29, 0.717) is 31.3 Å². The molecule has 0 aromatic carbocycles. The molecule has 3 atom stereocenters. The van der Waals surface area contributed by atoms with E-state index in [9.17, 15) is 14.9 Å². The number of thioether (sulfide) groups is 1. The molecule has 8 nitrogen and oxygen atoms in total. The zero-order chi connectivity index (χ0) is 22.1. The van der Waals surface area contributed by atoms with Crippen LogP contribution in [0.1, 0.15) is 33.6 Å². The number of anilines is 1. The maximum Gasteiger partial charge on any atom is 0.323 e. The molecule has 1 aromatic rings. The molecular formula is C21H30N4O4S. The standard InChI is InChI=1S/C21H30N4O4S/c1-5-29-21(27)15(11-22)10-19-25(13-14(2)3)20(26)17(30-19)8-9-23-16-6-7-18(28-4)24-12-16/h6-7,12,14-15,17,19,23H,5,8-10,13H2,1-4H3. The number of nitrogens with one attached hydrogen (secondary N) is 1. The van der Waals surface area contributed by atoms with Gasteiger partial charge in [-0.3, -0.25) is 9.59 Å². The topological polar surface area (TPSA) is 105 Å². The van der Waals surface area contributed by atoms with Gasteiger partial charge in [-0.25, -0.2) is 4.98 Å². The summed E-state index contributed by atoms with van der Waals surface area (Å²) >= 11 is 1.53. The number of aromatic nitrogens is 1. The normalized spacial score (nSPS) is 19.5. The molecule has 9 heteroatoms. The van der Waals surface area contributed by atoms with Crippen LogP contribution in [0, 0.1) is 23.2 Å². The Hall–Kier alpha value is -2.47. The number of hydrogen-bond acceptors (Lipinski definition) is 8. The number of pyridine rings is 1. The van der Waals surface area contributed by atoms with Crippen molar-refractivity contribution in [3.63, 3.8) is 0 Å². The van der Waals surface area contributed by atoms with Crippen LogP contribution in [0.3, 0.4) is 0 Å². The first-order valence-corrected chi connectivity index (χ1v) is 11.1. The number of esters is 1. The molecule has 0 bridgehead atoms. The minimum absolute atomic E-state index is 0.0638. The number of rotatable bonds is 11. The van der Waals surface area contributed by atoms with Gasteiger partial charge in [0.2, 0.25) is 11.8 Å². The van der Waals surface area contributed by atoms with Crippen LogP contribution in [0.5, 0.6) is 5.88 Å². The highest BCUT2D eigenvalue weighted by Gasteiger charge is 2.42. The van der Waals surface area contributed by atoms with Gasteiger partial charge in [0, 0.05) is 25.6 Å². The quantitative estimate of drug-likeness (QED) is 0.530. The number of nitriles is 1. The van der Waals surface area contributed by atoms with Crippen molar-refractivity contribution >= 4 is 29.3 Å². The number of nitrogens with zero attached hydrogens (tertiary/aromatic N) is 3. The van der Waals surface area contributed by atoms with Gasteiger partial charge in [0.25, 0.3) is 0 Å². The molecular weight excluding hydrogens is 404 g/mol. The van der Waals surface area contributed by atoms with Gasteiger partial charge in [0.15, 0.2) is 0 Å². The number of carbonyl (C=O) groups excluding carboxylic acids is 2. The van der Waals surface area contributed by atoms with Gasteiger partial charge in [-0.15, -0.1) is 11.8 Å².